The molecule has 0 saturated carbocycles. The number of hydrogen-bond donors (Lipinski definition) is 3. The van der Waals surface area contributed by atoms with Gasteiger partial charge in [-0.15, -0.1) is 10.2 Å². The normalized spacial score (nSPS) is 11.8. The number of para-hydroxylation sites is 1. The molecule has 0 radical (unpaired) electrons. The molecular weight excluding hydrogens is 284 g/mol. The summed E-state index contributed by atoms with van der Waals surface area (Å²) < 4.78 is 30.9. The summed E-state index contributed by atoms with van der Waals surface area (Å²) in [5.41, 5.74) is 0.00698. The van der Waals surface area contributed by atoms with Crippen LogP contribution in [0.25, 0.3) is 0 Å². The van der Waals surface area contributed by atoms with E-state index in [2.05, 4.69) is 10.2 Å². The summed E-state index contributed by atoms with van der Waals surface area (Å²) in [6.07, 6.45) is 0. The van der Waals surface area contributed by atoms with Crippen molar-refractivity contribution in [3.8, 4) is 11.5 Å². The third-order valence-electron chi connectivity index (χ3n) is 2.39. The lowest BCUT2D eigenvalue weighted by atomic mass is 10.3. The Labute approximate surface area is 114 Å². The van der Waals surface area contributed by atoms with Gasteiger partial charge in [-0.25, -0.2) is 0 Å². The van der Waals surface area contributed by atoms with Crippen molar-refractivity contribution < 1.29 is 23.2 Å². The number of rotatable bonds is 3. The van der Waals surface area contributed by atoms with Gasteiger partial charge in [0.25, 0.3) is 10.1 Å². The lowest BCUT2D eigenvalue weighted by Crippen LogP contribution is -1.96. The van der Waals surface area contributed by atoms with Gasteiger partial charge in [0.05, 0.1) is 4.90 Å². The lowest BCUT2D eigenvalue weighted by Gasteiger charge is -2.01. The average molecular weight is 294 g/mol. The number of phenols is 2. The van der Waals surface area contributed by atoms with Crippen LogP contribution in [0.1, 0.15) is 0 Å². The Hall–Kier alpha value is -2.45. The number of nitrogens with zero attached hydrogens (tertiary/aromatic N) is 2. The molecule has 7 nitrogen and oxygen atoms in total. The summed E-state index contributed by atoms with van der Waals surface area (Å²) in [4.78, 5) is -0.415. The first-order valence-corrected chi connectivity index (χ1v) is 6.82. The number of benzene rings is 2. The smallest absolute Gasteiger partial charge is 0.294 e. The third kappa shape index (κ3) is 3.11. The van der Waals surface area contributed by atoms with Gasteiger partial charge < -0.3 is 10.2 Å². The summed E-state index contributed by atoms with van der Waals surface area (Å²) in [5, 5.41) is 26.4. The van der Waals surface area contributed by atoms with Crippen LogP contribution in [-0.2, 0) is 10.1 Å². The maximum absolute atomic E-state index is 11.0. The van der Waals surface area contributed by atoms with Crippen LogP contribution in [0.3, 0.4) is 0 Å². The van der Waals surface area contributed by atoms with Gasteiger partial charge in [-0.2, -0.15) is 8.42 Å². The second-order valence-corrected chi connectivity index (χ2v) is 5.24. The molecule has 0 heterocycles. The van der Waals surface area contributed by atoms with Crippen molar-refractivity contribution in [2.45, 2.75) is 4.90 Å². The minimum atomic E-state index is -4.40. The van der Waals surface area contributed by atoms with Crippen molar-refractivity contribution in [3.63, 3.8) is 0 Å². The monoisotopic (exact) mass is 294 g/mol. The van der Waals surface area contributed by atoms with E-state index in [1.807, 2.05) is 0 Å². The van der Waals surface area contributed by atoms with E-state index in [1.165, 1.54) is 12.1 Å². The van der Waals surface area contributed by atoms with Crippen molar-refractivity contribution in [3.05, 3.63) is 42.5 Å². The minimum Gasteiger partial charge on any atom is -0.506 e. The standard InChI is InChI=1S/C12H10N2O5S/c15-11-4-2-1-3-9(11)13-14-10-7-8(20(17,18)19)5-6-12(10)16/h1-7,15-16H,(H,17,18,19). The Kier molecular flexibility index (Phi) is 3.68. The molecule has 0 saturated heterocycles. The number of azo groups is 1. The highest BCUT2D eigenvalue weighted by Gasteiger charge is 2.12. The minimum absolute atomic E-state index is 0.110. The highest BCUT2D eigenvalue weighted by atomic mass is 32.2. The van der Waals surface area contributed by atoms with Gasteiger partial charge in [-0.3, -0.25) is 4.55 Å². The zero-order valence-corrected chi connectivity index (χ0v) is 10.8. The van der Waals surface area contributed by atoms with E-state index in [1.54, 1.807) is 12.1 Å². The van der Waals surface area contributed by atoms with Gasteiger partial charge in [0.2, 0.25) is 0 Å². The first kappa shape index (κ1) is 14.0. The van der Waals surface area contributed by atoms with E-state index in [0.29, 0.717) is 0 Å². The maximum Gasteiger partial charge on any atom is 0.294 e. The fourth-order valence-electron chi connectivity index (χ4n) is 1.40. The average Bonchev–Trinajstić information content (AvgIpc) is 2.38. The van der Waals surface area contributed by atoms with Crippen LogP contribution in [0.15, 0.2) is 57.6 Å². The van der Waals surface area contributed by atoms with E-state index in [0.717, 1.165) is 18.2 Å². The molecule has 0 aliphatic heterocycles. The highest BCUT2D eigenvalue weighted by Crippen LogP contribution is 2.32. The molecule has 0 unspecified atom stereocenters. The van der Waals surface area contributed by atoms with Crippen molar-refractivity contribution in [1.82, 2.24) is 0 Å². The molecule has 0 bridgehead atoms. The second kappa shape index (κ2) is 5.27. The quantitative estimate of drug-likeness (QED) is 0.594. The lowest BCUT2D eigenvalue weighted by molar-refractivity contribution is 0.472. The summed E-state index contributed by atoms with van der Waals surface area (Å²) in [6.45, 7) is 0. The summed E-state index contributed by atoms with van der Waals surface area (Å²) in [6, 6.07) is 9.19. The molecule has 0 aromatic heterocycles. The molecular formula is C12H10N2O5S. The van der Waals surface area contributed by atoms with Crippen LogP contribution in [0, 0.1) is 0 Å². The molecule has 3 N–H and O–H groups in total. The van der Waals surface area contributed by atoms with Crippen molar-refractivity contribution in [1.29, 1.82) is 0 Å². The van der Waals surface area contributed by atoms with E-state index in [-0.39, 0.29) is 22.9 Å². The molecule has 0 amide bonds. The zero-order chi connectivity index (χ0) is 14.8. The van der Waals surface area contributed by atoms with E-state index < -0.39 is 15.0 Å². The molecule has 0 atom stereocenters. The summed E-state index contributed by atoms with van der Waals surface area (Å²) in [5.74, 6) is -0.418. The Balaban J connectivity index is 2.41. The van der Waals surface area contributed by atoms with Gasteiger partial charge in [0, 0.05) is 0 Å². The molecule has 0 spiro atoms. The van der Waals surface area contributed by atoms with Crippen molar-refractivity contribution in [2.75, 3.05) is 0 Å². The molecule has 20 heavy (non-hydrogen) atoms. The molecule has 0 fully saturated rings. The second-order valence-electron chi connectivity index (χ2n) is 3.81. The molecule has 8 heteroatoms. The predicted molar refractivity (Wildman–Crippen MR) is 70.2 cm³/mol. The van der Waals surface area contributed by atoms with Gasteiger partial charge in [-0.1, -0.05) is 12.1 Å². The van der Waals surface area contributed by atoms with Gasteiger partial charge >= 0.3 is 0 Å². The predicted octanol–water partition coefficient (Wildman–Crippen LogP) is 2.76. The fraction of sp³-hybridized carbons (Fsp3) is 0. The molecule has 2 aromatic rings. The number of hydrogen-bond acceptors (Lipinski definition) is 6. The van der Waals surface area contributed by atoms with E-state index >= 15 is 0 Å². The first-order chi connectivity index (χ1) is 9.38. The van der Waals surface area contributed by atoms with Crippen molar-refractivity contribution >= 4 is 21.5 Å². The molecule has 2 aromatic carbocycles. The van der Waals surface area contributed by atoms with Crippen LogP contribution in [0.4, 0.5) is 11.4 Å². The van der Waals surface area contributed by atoms with Crippen LogP contribution in [0.2, 0.25) is 0 Å². The molecule has 104 valence electrons. The largest absolute Gasteiger partial charge is 0.506 e. The Morgan fingerprint density at radius 3 is 2.10 bits per heavy atom. The third-order valence-corrected chi connectivity index (χ3v) is 3.24. The SMILES string of the molecule is O=S(=O)(O)c1ccc(O)c(N=Nc2ccccc2O)c1. The topological polar surface area (TPSA) is 120 Å². The number of aromatic hydroxyl groups is 2. The van der Waals surface area contributed by atoms with Crippen LogP contribution in [-0.4, -0.2) is 23.2 Å². The Morgan fingerprint density at radius 2 is 1.45 bits per heavy atom. The molecule has 0 aliphatic rings. The Morgan fingerprint density at radius 1 is 0.850 bits per heavy atom. The molecule has 2 rings (SSSR count). The van der Waals surface area contributed by atoms with Gasteiger partial charge in [-0.05, 0) is 30.3 Å². The maximum atomic E-state index is 11.0. The van der Waals surface area contributed by atoms with Gasteiger partial charge in [0.15, 0.2) is 0 Å². The summed E-state index contributed by atoms with van der Waals surface area (Å²) >= 11 is 0. The van der Waals surface area contributed by atoms with Crippen molar-refractivity contribution in [2.24, 2.45) is 10.2 Å². The van der Waals surface area contributed by atoms with E-state index in [9.17, 15) is 18.6 Å². The number of phenolic OH excluding ortho intramolecular Hbond substituents is 2. The van der Waals surface area contributed by atoms with Crippen LogP contribution in [0.5, 0.6) is 11.5 Å². The first-order valence-electron chi connectivity index (χ1n) is 5.38. The molecule has 0 aliphatic carbocycles. The van der Waals surface area contributed by atoms with Crippen LogP contribution >= 0.6 is 0 Å². The Bertz CT molecular complexity index is 771. The summed E-state index contributed by atoms with van der Waals surface area (Å²) in [7, 11) is -4.40. The fourth-order valence-corrected chi connectivity index (χ4v) is 1.90. The van der Waals surface area contributed by atoms with E-state index in [4.69, 9.17) is 4.55 Å². The van der Waals surface area contributed by atoms with Gasteiger partial charge in [0.1, 0.15) is 22.9 Å². The van der Waals surface area contributed by atoms with Crippen LogP contribution < -0.4 is 0 Å². The highest BCUT2D eigenvalue weighted by molar-refractivity contribution is 7.85. The zero-order valence-electron chi connectivity index (χ0n) is 10.0.